The Bertz CT molecular complexity index is 269. The van der Waals surface area contributed by atoms with Crippen LogP contribution in [0.5, 0.6) is 0 Å². The second-order valence-electron chi connectivity index (χ2n) is 4.70. The van der Waals surface area contributed by atoms with Crippen LogP contribution in [0.15, 0.2) is 4.99 Å². The highest BCUT2D eigenvalue weighted by atomic mass is 32.2. The maximum Gasteiger partial charge on any atom is 0.191 e. The second-order valence-corrected chi connectivity index (χ2v) is 5.97. The molecule has 19 heavy (non-hydrogen) atoms. The molecule has 1 heterocycles. The lowest BCUT2D eigenvalue weighted by molar-refractivity contribution is 0.0783. The quantitative estimate of drug-likeness (QED) is 0.418. The van der Waals surface area contributed by atoms with Crippen LogP contribution in [0.3, 0.4) is 0 Å². The van der Waals surface area contributed by atoms with Crippen molar-refractivity contribution in [3.8, 4) is 0 Å². The van der Waals surface area contributed by atoms with Gasteiger partial charge in [0.15, 0.2) is 5.96 Å². The summed E-state index contributed by atoms with van der Waals surface area (Å²) in [4.78, 5) is 4.25. The van der Waals surface area contributed by atoms with Gasteiger partial charge in [0.05, 0.1) is 0 Å². The van der Waals surface area contributed by atoms with E-state index in [0.29, 0.717) is 0 Å². The highest BCUT2D eigenvalue weighted by molar-refractivity contribution is 8.00. The molecule has 0 aromatic heterocycles. The minimum atomic E-state index is 0.280. The number of aliphatic imine (C=N–C) groups is 1. The summed E-state index contributed by atoms with van der Waals surface area (Å²) in [6.45, 7) is 4.31. The molecule has 1 saturated heterocycles. The van der Waals surface area contributed by atoms with E-state index in [1.807, 2.05) is 11.8 Å². The molecule has 6 heteroatoms. The smallest absolute Gasteiger partial charge is 0.191 e. The van der Waals surface area contributed by atoms with Gasteiger partial charge >= 0.3 is 0 Å². The summed E-state index contributed by atoms with van der Waals surface area (Å²) >= 11 is 1.93. The molecule has 1 aliphatic rings. The number of rotatable bonds is 7. The standard InChI is InChI=1S/C13H27N3O2S/c1-14-12(15-7-4-8-17-2)16-11-13(19-3)5-9-18-10-6-13/h4-11H2,1-3H3,(H2,14,15,16). The van der Waals surface area contributed by atoms with Crippen LogP contribution in [-0.4, -0.2) is 64.0 Å². The number of methoxy groups -OCH3 is 1. The highest BCUT2D eigenvalue weighted by Gasteiger charge is 2.31. The fraction of sp³-hybridized carbons (Fsp3) is 0.923. The van der Waals surface area contributed by atoms with Gasteiger partial charge in [0.25, 0.3) is 0 Å². The maximum absolute atomic E-state index is 5.45. The molecular weight excluding hydrogens is 262 g/mol. The van der Waals surface area contributed by atoms with Crippen LogP contribution in [0.25, 0.3) is 0 Å². The van der Waals surface area contributed by atoms with E-state index < -0.39 is 0 Å². The van der Waals surface area contributed by atoms with E-state index >= 15 is 0 Å². The number of nitrogens with zero attached hydrogens (tertiary/aromatic N) is 1. The van der Waals surface area contributed by atoms with Crippen LogP contribution in [0.2, 0.25) is 0 Å². The monoisotopic (exact) mass is 289 g/mol. The molecule has 1 aliphatic heterocycles. The van der Waals surface area contributed by atoms with Crippen LogP contribution in [0.1, 0.15) is 19.3 Å². The summed E-state index contributed by atoms with van der Waals surface area (Å²) in [7, 11) is 3.53. The number of thioether (sulfide) groups is 1. The fourth-order valence-electron chi connectivity index (χ4n) is 2.09. The van der Waals surface area contributed by atoms with Crippen molar-refractivity contribution in [1.82, 2.24) is 10.6 Å². The topological polar surface area (TPSA) is 54.9 Å². The lowest BCUT2D eigenvalue weighted by Crippen LogP contribution is -2.48. The van der Waals surface area contributed by atoms with Crippen molar-refractivity contribution in [3.05, 3.63) is 0 Å². The molecule has 0 atom stereocenters. The first-order valence-corrected chi connectivity index (χ1v) is 8.05. The molecule has 112 valence electrons. The van der Waals surface area contributed by atoms with Crippen molar-refractivity contribution in [2.45, 2.75) is 24.0 Å². The van der Waals surface area contributed by atoms with Crippen molar-refractivity contribution in [2.24, 2.45) is 4.99 Å². The van der Waals surface area contributed by atoms with Gasteiger partial charge in [-0.05, 0) is 25.5 Å². The van der Waals surface area contributed by atoms with E-state index in [2.05, 4.69) is 21.9 Å². The zero-order valence-electron chi connectivity index (χ0n) is 12.3. The van der Waals surface area contributed by atoms with Gasteiger partial charge in [-0.1, -0.05) is 0 Å². The summed E-state index contributed by atoms with van der Waals surface area (Å²) in [5, 5.41) is 6.73. The Morgan fingerprint density at radius 1 is 1.37 bits per heavy atom. The second kappa shape index (κ2) is 9.44. The average molecular weight is 289 g/mol. The van der Waals surface area contributed by atoms with Crippen LogP contribution in [0.4, 0.5) is 0 Å². The number of hydrogen-bond donors (Lipinski definition) is 2. The molecule has 0 bridgehead atoms. The Labute approximate surface area is 120 Å². The zero-order chi connectivity index (χ0) is 14.0. The Hall–Kier alpha value is -0.460. The van der Waals surface area contributed by atoms with Crippen LogP contribution in [0, 0.1) is 0 Å². The normalized spacial score (nSPS) is 19.2. The third-order valence-electron chi connectivity index (χ3n) is 3.46. The first-order chi connectivity index (χ1) is 9.26. The van der Waals surface area contributed by atoms with Crippen molar-refractivity contribution >= 4 is 17.7 Å². The molecule has 0 spiro atoms. The predicted octanol–water partition coefficient (Wildman–Crippen LogP) is 1.10. The maximum atomic E-state index is 5.45. The number of nitrogens with one attached hydrogen (secondary N) is 2. The SMILES string of the molecule is CN=C(NCCCOC)NCC1(SC)CCOCC1. The number of guanidine groups is 1. The van der Waals surface area contributed by atoms with E-state index in [1.165, 1.54) is 0 Å². The van der Waals surface area contributed by atoms with Crippen LogP contribution >= 0.6 is 11.8 Å². The molecule has 0 unspecified atom stereocenters. The van der Waals surface area contributed by atoms with E-state index in [4.69, 9.17) is 9.47 Å². The first kappa shape index (κ1) is 16.6. The van der Waals surface area contributed by atoms with E-state index in [9.17, 15) is 0 Å². The Morgan fingerprint density at radius 3 is 2.68 bits per heavy atom. The summed E-state index contributed by atoms with van der Waals surface area (Å²) < 4.78 is 10.8. The Balaban J connectivity index is 2.30. The van der Waals surface area contributed by atoms with Gasteiger partial charge in [0, 0.05) is 51.8 Å². The largest absolute Gasteiger partial charge is 0.385 e. The summed E-state index contributed by atoms with van der Waals surface area (Å²) in [6, 6.07) is 0. The van der Waals surface area contributed by atoms with Gasteiger partial charge in [-0.15, -0.1) is 0 Å². The van der Waals surface area contributed by atoms with Gasteiger partial charge in [-0.25, -0.2) is 0 Å². The van der Waals surface area contributed by atoms with Crippen molar-refractivity contribution < 1.29 is 9.47 Å². The Kier molecular flexibility index (Phi) is 8.25. The predicted molar refractivity (Wildman–Crippen MR) is 82.2 cm³/mol. The Morgan fingerprint density at radius 2 is 2.11 bits per heavy atom. The third kappa shape index (κ3) is 6.01. The van der Waals surface area contributed by atoms with Crippen molar-refractivity contribution in [2.75, 3.05) is 53.3 Å². The van der Waals surface area contributed by atoms with E-state index in [1.54, 1.807) is 14.2 Å². The lowest BCUT2D eigenvalue weighted by atomic mass is 9.99. The molecule has 5 nitrogen and oxygen atoms in total. The molecule has 2 N–H and O–H groups in total. The molecule has 0 radical (unpaired) electrons. The van der Waals surface area contributed by atoms with E-state index in [0.717, 1.165) is 58.1 Å². The zero-order valence-corrected chi connectivity index (χ0v) is 13.1. The van der Waals surface area contributed by atoms with Crippen LogP contribution < -0.4 is 10.6 Å². The minimum absolute atomic E-state index is 0.280. The minimum Gasteiger partial charge on any atom is -0.385 e. The number of hydrogen-bond acceptors (Lipinski definition) is 4. The first-order valence-electron chi connectivity index (χ1n) is 6.83. The molecule has 1 rings (SSSR count). The van der Waals surface area contributed by atoms with Gasteiger partial charge in [-0.2, -0.15) is 11.8 Å². The third-order valence-corrected chi connectivity index (χ3v) is 4.87. The highest BCUT2D eigenvalue weighted by Crippen LogP contribution is 2.32. The van der Waals surface area contributed by atoms with E-state index in [-0.39, 0.29) is 4.75 Å². The fourth-order valence-corrected chi connectivity index (χ4v) is 2.88. The summed E-state index contributed by atoms with van der Waals surface area (Å²) in [5.41, 5.74) is 0. The molecule has 0 aliphatic carbocycles. The molecule has 0 aromatic carbocycles. The van der Waals surface area contributed by atoms with Gasteiger partial charge < -0.3 is 20.1 Å². The number of ether oxygens (including phenoxy) is 2. The van der Waals surface area contributed by atoms with Gasteiger partial charge in [0.2, 0.25) is 0 Å². The molecular formula is C13H27N3O2S. The molecule has 0 saturated carbocycles. The van der Waals surface area contributed by atoms with Crippen LogP contribution in [-0.2, 0) is 9.47 Å². The summed E-state index contributed by atoms with van der Waals surface area (Å²) in [5.74, 6) is 0.871. The molecule has 0 amide bonds. The summed E-state index contributed by atoms with van der Waals surface area (Å²) in [6.07, 6.45) is 5.37. The lowest BCUT2D eigenvalue weighted by Gasteiger charge is -2.36. The van der Waals surface area contributed by atoms with Gasteiger partial charge in [-0.3, -0.25) is 4.99 Å². The molecule has 1 fully saturated rings. The van der Waals surface area contributed by atoms with Crippen molar-refractivity contribution in [1.29, 1.82) is 0 Å². The molecule has 0 aromatic rings. The average Bonchev–Trinajstić information content (AvgIpc) is 2.47. The van der Waals surface area contributed by atoms with Gasteiger partial charge in [0.1, 0.15) is 0 Å². The van der Waals surface area contributed by atoms with Crippen molar-refractivity contribution in [3.63, 3.8) is 0 Å².